The normalized spacial score (nSPS) is 11.1. The van der Waals surface area contributed by atoms with Crippen molar-refractivity contribution in [3.05, 3.63) is 0 Å². The Hall–Kier alpha value is 0.360. The zero-order valence-electron chi connectivity index (χ0n) is 9.18. The Morgan fingerprint density at radius 1 is 1.08 bits per heavy atom. The summed E-state index contributed by atoms with van der Waals surface area (Å²) < 4.78 is 11.3. The molecule has 0 saturated heterocycles. The van der Waals surface area contributed by atoms with Gasteiger partial charge in [-0.05, 0) is 6.92 Å². The van der Waals surface area contributed by atoms with Gasteiger partial charge in [-0.1, -0.05) is 0 Å². The maximum atomic E-state index is 5.37. The Balaban J connectivity index is 0. The van der Waals surface area contributed by atoms with E-state index in [4.69, 9.17) is 9.47 Å². The van der Waals surface area contributed by atoms with Crippen LogP contribution in [0.5, 0.6) is 0 Å². The lowest BCUT2D eigenvalue weighted by molar-refractivity contribution is -0.888. The average Bonchev–Trinajstić information content (AvgIpc) is 2.04. The molecule has 0 aromatic carbocycles. The summed E-state index contributed by atoms with van der Waals surface area (Å²) in [5.74, 6) is 0. The van der Waals surface area contributed by atoms with Crippen molar-refractivity contribution in [2.75, 3.05) is 54.1 Å². The lowest BCUT2D eigenvalue weighted by Gasteiger charge is -2.27. The number of halogens is 1. The Bertz CT molecular complexity index is 110. The molecule has 0 aromatic heterocycles. The van der Waals surface area contributed by atoms with Gasteiger partial charge in [-0.15, -0.1) is 0 Å². The van der Waals surface area contributed by atoms with Crippen LogP contribution in [-0.2, 0) is 9.47 Å². The van der Waals surface area contributed by atoms with Crippen LogP contribution in [0, 0.1) is 0 Å². The molecule has 0 amide bonds. The fraction of sp³-hybridized carbons (Fsp3) is 1.00. The van der Waals surface area contributed by atoms with E-state index >= 15 is 0 Å². The van der Waals surface area contributed by atoms with Crippen molar-refractivity contribution >= 4 is 0 Å². The second-order valence-corrected chi connectivity index (χ2v) is 3.58. The quantitative estimate of drug-likeness (QED) is 0.378. The summed E-state index contributed by atoms with van der Waals surface area (Å²) in [5.41, 5.74) is 0. The van der Waals surface area contributed by atoms with Gasteiger partial charge in [0.05, 0.1) is 40.5 Å². The van der Waals surface area contributed by atoms with E-state index in [-0.39, 0.29) is 17.0 Å². The van der Waals surface area contributed by atoms with Gasteiger partial charge in [0.25, 0.3) is 0 Å². The van der Waals surface area contributed by atoms with E-state index in [1.54, 1.807) is 7.11 Å². The maximum absolute atomic E-state index is 5.37. The van der Waals surface area contributed by atoms with Gasteiger partial charge in [0.2, 0.25) is 0 Å². The lowest BCUT2D eigenvalue weighted by atomic mass is 10.4. The van der Waals surface area contributed by atoms with Crippen molar-refractivity contribution in [1.82, 2.24) is 0 Å². The highest BCUT2D eigenvalue weighted by Crippen LogP contribution is 1.94. The van der Waals surface area contributed by atoms with Crippen LogP contribution in [0.1, 0.15) is 6.92 Å². The number of hydrogen-bond acceptors (Lipinski definition) is 2. The Kier molecular flexibility index (Phi) is 10.9. The molecule has 0 fully saturated rings. The second-order valence-electron chi connectivity index (χ2n) is 3.58. The summed E-state index contributed by atoms with van der Waals surface area (Å²) in [6, 6.07) is 0. The molecule has 0 saturated carbocycles. The molecule has 0 aliphatic rings. The minimum Gasteiger partial charge on any atom is -1.00 e. The maximum Gasteiger partial charge on any atom is 0.102 e. The van der Waals surface area contributed by atoms with Crippen molar-refractivity contribution in [1.29, 1.82) is 0 Å². The van der Waals surface area contributed by atoms with Crippen LogP contribution < -0.4 is 17.0 Å². The van der Waals surface area contributed by atoms with Crippen LogP contribution in [0.2, 0.25) is 0 Å². The molecule has 0 radical (unpaired) electrons. The first-order chi connectivity index (χ1) is 5.62. The van der Waals surface area contributed by atoms with Gasteiger partial charge < -0.3 is 30.9 Å². The summed E-state index contributed by atoms with van der Waals surface area (Å²) in [7, 11) is 6.11. The minimum absolute atomic E-state index is 0. The zero-order chi connectivity index (χ0) is 9.45. The average molecular weight is 256 g/mol. The Labute approximate surface area is 92.4 Å². The number of rotatable bonds is 7. The van der Waals surface area contributed by atoms with E-state index in [0.29, 0.717) is 13.2 Å². The smallest absolute Gasteiger partial charge is 0.102 e. The topological polar surface area (TPSA) is 18.5 Å². The van der Waals surface area contributed by atoms with Gasteiger partial charge in [0, 0.05) is 7.11 Å². The number of ether oxygens (including phenoxy) is 2. The largest absolute Gasteiger partial charge is 1.00 e. The molecule has 0 atom stereocenters. The van der Waals surface area contributed by atoms with E-state index in [1.165, 1.54) is 0 Å². The molecular weight excluding hydrogens is 234 g/mol. The van der Waals surface area contributed by atoms with Gasteiger partial charge in [-0.2, -0.15) is 0 Å². The number of likely N-dealkylation sites (N-methyl/N-ethyl adjacent to an activating group) is 1. The van der Waals surface area contributed by atoms with Crippen molar-refractivity contribution in [3.8, 4) is 0 Å². The standard InChI is InChI=1S/C9H22NO2.BrH/c1-5-10(2,3)6-7-12-9-8-11-4;/h5-9H2,1-4H3;1H/q+1;/p-1. The molecule has 0 rings (SSSR count). The summed E-state index contributed by atoms with van der Waals surface area (Å²) >= 11 is 0. The zero-order valence-corrected chi connectivity index (χ0v) is 10.8. The number of hydrogen-bond donors (Lipinski definition) is 0. The second kappa shape index (κ2) is 8.94. The third kappa shape index (κ3) is 10.3. The van der Waals surface area contributed by atoms with E-state index < -0.39 is 0 Å². The SMILES string of the molecule is CC[N+](C)(C)CCOCCOC.[Br-]. The molecule has 82 valence electrons. The van der Waals surface area contributed by atoms with Crippen LogP contribution >= 0.6 is 0 Å². The van der Waals surface area contributed by atoms with E-state index in [2.05, 4.69) is 21.0 Å². The van der Waals surface area contributed by atoms with Gasteiger partial charge in [-0.3, -0.25) is 0 Å². The van der Waals surface area contributed by atoms with Crippen LogP contribution in [0.25, 0.3) is 0 Å². The third-order valence-corrected chi connectivity index (χ3v) is 2.13. The lowest BCUT2D eigenvalue weighted by Crippen LogP contribution is -3.00. The van der Waals surface area contributed by atoms with Crippen molar-refractivity contribution in [2.45, 2.75) is 6.92 Å². The third-order valence-electron chi connectivity index (χ3n) is 2.13. The van der Waals surface area contributed by atoms with Gasteiger partial charge >= 0.3 is 0 Å². The molecule has 0 unspecified atom stereocenters. The summed E-state index contributed by atoms with van der Waals surface area (Å²) in [6.45, 7) is 6.63. The fourth-order valence-corrected chi connectivity index (χ4v) is 0.714. The Morgan fingerprint density at radius 3 is 2.15 bits per heavy atom. The number of methoxy groups -OCH3 is 1. The highest BCUT2D eigenvalue weighted by Gasteiger charge is 2.10. The van der Waals surface area contributed by atoms with Gasteiger partial charge in [0.15, 0.2) is 0 Å². The van der Waals surface area contributed by atoms with Crippen molar-refractivity contribution < 1.29 is 30.9 Å². The molecule has 0 spiro atoms. The van der Waals surface area contributed by atoms with Crippen LogP contribution in [0.3, 0.4) is 0 Å². The Morgan fingerprint density at radius 2 is 1.69 bits per heavy atom. The van der Waals surface area contributed by atoms with Crippen LogP contribution in [-0.4, -0.2) is 58.6 Å². The van der Waals surface area contributed by atoms with E-state index in [0.717, 1.165) is 24.2 Å². The number of nitrogens with zero attached hydrogens (tertiary/aromatic N) is 1. The first-order valence-electron chi connectivity index (χ1n) is 4.51. The molecule has 0 N–H and O–H groups in total. The van der Waals surface area contributed by atoms with Crippen molar-refractivity contribution in [3.63, 3.8) is 0 Å². The first kappa shape index (κ1) is 15.8. The molecule has 0 aromatic rings. The minimum atomic E-state index is 0. The molecule has 0 heterocycles. The number of quaternary nitrogens is 1. The molecule has 4 heteroatoms. The van der Waals surface area contributed by atoms with Crippen LogP contribution in [0.15, 0.2) is 0 Å². The van der Waals surface area contributed by atoms with Crippen LogP contribution in [0.4, 0.5) is 0 Å². The van der Waals surface area contributed by atoms with E-state index in [1.807, 2.05) is 0 Å². The summed E-state index contributed by atoms with van der Waals surface area (Å²) in [6.07, 6.45) is 0. The van der Waals surface area contributed by atoms with Gasteiger partial charge in [0.1, 0.15) is 6.54 Å². The fourth-order valence-electron chi connectivity index (χ4n) is 0.714. The molecule has 3 nitrogen and oxygen atoms in total. The van der Waals surface area contributed by atoms with Gasteiger partial charge in [-0.25, -0.2) is 0 Å². The highest BCUT2D eigenvalue weighted by molar-refractivity contribution is 4.32. The summed E-state index contributed by atoms with van der Waals surface area (Å²) in [5, 5.41) is 0. The molecule has 0 bridgehead atoms. The monoisotopic (exact) mass is 255 g/mol. The summed E-state index contributed by atoms with van der Waals surface area (Å²) in [4.78, 5) is 0. The van der Waals surface area contributed by atoms with E-state index in [9.17, 15) is 0 Å². The highest BCUT2D eigenvalue weighted by atomic mass is 79.9. The van der Waals surface area contributed by atoms with Crippen molar-refractivity contribution in [2.24, 2.45) is 0 Å². The molecule has 0 aliphatic heterocycles. The molecular formula is C9H22BrNO2. The molecule has 13 heavy (non-hydrogen) atoms. The predicted octanol–water partition coefficient (Wildman–Crippen LogP) is -2.25. The molecule has 0 aliphatic carbocycles. The first-order valence-corrected chi connectivity index (χ1v) is 4.51. The predicted molar refractivity (Wildman–Crippen MR) is 50.2 cm³/mol.